The van der Waals surface area contributed by atoms with E-state index in [4.69, 9.17) is 0 Å². The summed E-state index contributed by atoms with van der Waals surface area (Å²) < 4.78 is 0. The van der Waals surface area contributed by atoms with Crippen LogP contribution in [0.15, 0.2) is 41.6 Å². The third-order valence-corrected chi connectivity index (χ3v) is 3.19. The van der Waals surface area contributed by atoms with Crippen molar-refractivity contribution >= 4 is 23.7 Å². The van der Waals surface area contributed by atoms with Gasteiger partial charge in [0.2, 0.25) is 0 Å². The summed E-state index contributed by atoms with van der Waals surface area (Å²) in [4.78, 5) is 8.82. The third-order valence-electron chi connectivity index (χ3n) is 2.88. The number of hydrogen-bond acceptors (Lipinski definition) is 4. The first-order valence-electron chi connectivity index (χ1n) is 6.05. The molecular weight excluding hydrogens is 242 g/mol. The molecular formula is C14H17N3S. The Morgan fingerprint density at radius 1 is 1.39 bits per heavy atom. The van der Waals surface area contributed by atoms with E-state index in [2.05, 4.69) is 40.0 Å². The van der Waals surface area contributed by atoms with Gasteiger partial charge in [-0.05, 0) is 48.9 Å². The highest BCUT2D eigenvalue weighted by atomic mass is 32.1. The van der Waals surface area contributed by atoms with Crippen LogP contribution in [-0.4, -0.2) is 17.0 Å². The van der Waals surface area contributed by atoms with E-state index in [1.165, 1.54) is 0 Å². The minimum atomic E-state index is 0.827. The summed E-state index contributed by atoms with van der Waals surface area (Å²) >= 11 is 4.15. The molecule has 94 valence electrons. The summed E-state index contributed by atoms with van der Waals surface area (Å²) in [5.74, 6) is 0. The molecule has 0 bridgehead atoms. The number of nitrogens with zero attached hydrogens (tertiary/aromatic N) is 2. The van der Waals surface area contributed by atoms with E-state index in [1.807, 2.05) is 24.6 Å². The van der Waals surface area contributed by atoms with Gasteiger partial charge in [-0.25, -0.2) is 9.97 Å². The van der Waals surface area contributed by atoms with Crippen LogP contribution in [0.25, 0.3) is 11.0 Å². The molecule has 2 rings (SSSR count). The smallest absolute Gasteiger partial charge is 0.159 e. The maximum atomic E-state index is 4.55. The normalized spacial score (nSPS) is 11.8. The van der Waals surface area contributed by atoms with Gasteiger partial charge in [-0.2, -0.15) is 0 Å². The minimum absolute atomic E-state index is 0.827. The van der Waals surface area contributed by atoms with Crippen molar-refractivity contribution in [2.75, 3.05) is 7.05 Å². The van der Waals surface area contributed by atoms with Gasteiger partial charge in [-0.3, -0.25) is 0 Å². The fourth-order valence-electron chi connectivity index (χ4n) is 1.85. The van der Waals surface area contributed by atoms with Crippen molar-refractivity contribution < 1.29 is 0 Å². The first-order valence-corrected chi connectivity index (χ1v) is 6.57. The lowest BCUT2D eigenvalue weighted by Crippen LogP contribution is -2.05. The van der Waals surface area contributed by atoms with Crippen molar-refractivity contribution in [3.63, 3.8) is 0 Å². The van der Waals surface area contributed by atoms with Gasteiger partial charge >= 0.3 is 0 Å². The predicted molar refractivity (Wildman–Crippen MR) is 78.6 cm³/mol. The summed E-state index contributed by atoms with van der Waals surface area (Å²) in [5, 5.41) is 6.02. The van der Waals surface area contributed by atoms with E-state index >= 15 is 0 Å². The molecule has 2 aromatic heterocycles. The van der Waals surface area contributed by atoms with Crippen LogP contribution < -0.4 is 5.32 Å². The lowest BCUT2D eigenvalue weighted by molar-refractivity contribution is 0.752. The van der Waals surface area contributed by atoms with E-state index in [-0.39, 0.29) is 0 Å². The highest BCUT2D eigenvalue weighted by molar-refractivity contribution is 7.83. The summed E-state index contributed by atoms with van der Waals surface area (Å²) in [6.07, 6.45) is 4.78. The summed E-state index contributed by atoms with van der Waals surface area (Å²) in [6.45, 7) is 0. The Labute approximate surface area is 113 Å². The van der Waals surface area contributed by atoms with E-state index in [0.29, 0.717) is 0 Å². The molecule has 0 saturated heterocycles. The number of hydrogen-bond donors (Lipinski definition) is 2. The molecule has 2 heterocycles. The Kier molecular flexibility index (Phi) is 4.59. The van der Waals surface area contributed by atoms with Crippen molar-refractivity contribution in [2.24, 2.45) is 0 Å². The van der Waals surface area contributed by atoms with Gasteiger partial charge in [0.1, 0.15) is 0 Å². The second-order valence-corrected chi connectivity index (χ2v) is 4.37. The maximum absolute atomic E-state index is 4.55. The van der Waals surface area contributed by atoms with Crippen LogP contribution >= 0.6 is 12.6 Å². The van der Waals surface area contributed by atoms with Crippen molar-refractivity contribution in [1.82, 2.24) is 15.3 Å². The lowest BCUT2D eigenvalue weighted by Gasteiger charge is -2.05. The molecule has 0 aromatic carbocycles. The minimum Gasteiger partial charge on any atom is -0.391 e. The van der Waals surface area contributed by atoms with Crippen LogP contribution in [0.4, 0.5) is 0 Å². The second-order valence-electron chi connectivity index (χ2n) is 4.11. The van der Waals surface area contributed by atoms with Crippen molar-refractivity contribution in [3.05, 3.63) is 47.3 Å². The first kappa shape index (κ1) is 12.9. The highest BCUT2D eigenvalue weighted by Crippen LogP contribution is 2.12. The summed E-state index contributed by atoms with van der Waals surface area (Å²) in [5.41, 5.74) is 3.07. The molecule has 0 aliphatic heterocycles. The van der Waals surface area contributed by atoms with Gasteiger partial charge in [-0.15, -0.1) is 12.6 Å². The monoisotopic (exact) mass is 259 g/mol. The van der Waals surface area contributed by atoms with Gasteiger partial charge in [0.15, 0.2) is 5.65 Å². The molecule has 3 nitrogen and oxygen atoms in total. The molecule has 18 heavy (non-hydrogen) atoms. The Bertz CT molecular complexity index is 551. The number of fused-ring (bicyclic) bond motifs is 1. The Morgan fingerprint density at radius 2 is 2.28 bits per heavy atom. The van der Waals surface area contributed by atoms with Gasteiger partial charge in [0, 0.05) is 30.0 Å². The Balaban J connectivity index is 2.00. The van der Waals surface area contributed by atoms with E-state index < -0.39 is 0 Å². The maximum Gasteiger partial charge on any atom is 0.159 e. The first-order chi connectivity index (χ1) is 8.83. The Morgan fingerprint density at radius 3 is 3.06 bits per heavy atom. The standard InChI is InChI=1S/C14H17N3S/c1-15-13(10-18)6-2-5-12-8-7-11-4-3-9-16-14(11)17-12/h3-4,7-10,15,18H,2,5-6H2,1H3/b13-10-. The van der Waals surface area contributed by atoms with Crippen LogP contribution in [0, 0.1) is 0 Å². The number of pyridine rings is 2. The number of aryl methyl sites for hydroxylation is 1. The molecule has 0 unspecified atom stereocenters. The zero-order valence-electron chi connectivity index (χ0n) is 10.4. The second kappa shape index (κ2) is 6.40. The molecule has 0 atom stereocenters. The van der Waals surface area contributed by atoms with E-state index in [1.54, 1.807) is 6.20 Å². The third kappa shape index (κ3) is 3.23. The van der Waals surface area contributed by atoms with Crippen molar-refractivity contribution in [2.45, 2.75) is 19.3 Å². The molecule has 1 N–H and O–H groups in total. The number of allylic oxidation sites excluding steroid dienone is 1. The summed E-state index contributed by atoms with van der Waals surface area (Å²) in [6, 6.07) is 8.12. The molecule has 0 spiro atoms. The van der Waals surface area contributed by atoms with Crippen LogP contribution in [0.2, 0.25) is 0 Å². The number of aromatic nitrogens is 2. The van der Waals surface area contributed by atoms with Crippen LogP contribution in [-0.2, 0) is 6.42 Å². The molecule has 0 saturated carbocycles. The van der Waals surface area contributed by atoms with Crippen LogP contribution in [0.3, 0.4) is 0 Å². The quantitative estimate of drug-likeness (QED) is 0.811. The number of nitrogens with one attached hydrogen (secondary N) is 1. The molecule has 0 amide bonds. The average molecular weight is 259 g/mol. The predicted octanol–water partition coefficient (Wildman–Crippen LogP) is 2.94. The van der Waals surface area contributed by atoms with E-state index in [9.17, 15) is 0 Å². The molecule has 0 aliphatic carbocycles. The number of rotatable bonds is 5. The molecule has 0 radical (unpaired) electrons. The zero-order chi connectivity index (χ0) is 12.8. The van der Waals surface area contributed by atoms with Gasteiger partial charge < -0.3 is 5.32 Å². The van der Waals surface area contributed by atoms with E-state index in [0.717, 1.165) is 41.7 Å². The zero-order valence-corrected chi connectivity index (χ0v) is 11.3. The number of thiol groups is 1. The fraction of sp³-hybridized carbons (Fsp3) is 0.286. The van der Waals surface area contributed by atoms with Gasteiger partial charge in [-0.1, -0.05) is 0 Å². The average Bonchev–Trinajstić information content (AvgIpc) is 2.43. The van der Waals surface area contributed by atoms with Gasteiger partial charge in [0.05, 0.1) is 0 Å². The topological polar surface area (TPSA) is 37.8 Å². The summed E-state index contributed by atoms with van der Waals surface area (Å²) in [7, 11) is 1.92. The molecule has 4 heteroatoms. The van der Waals surface area contributed by atoms with Gasteiger partial charge in [0.25, 0.3) is 0 Å². The fourth-order valence-corrected chi connectivity index (χ4v) is 2.10. The molecule has 0 aliphatic rings. The molecule has 0 fully saturated rings. The SMILES string of the molecule is CN/C(=C\S)CCCc1ccc2cccnc2n1. The highest BCUT2D eigenvalue weighted by Gasteiger charge is 2.00. The van der Waals surface area contributed by atoms with Crippen molar-refractivity contribution in [3.8, 4) is 0 Å². The lowest BCUT2D eigenvalue weighted by atomic mass is 10.1. The molecule has 2 aromatic rings. The largest absolute Gasteiger partial charge is 0.391 e. The van der Waals surface area contributed by atoms with Crippen LogP contribution in [0.5, 0.6) is 0 Å². The van der Waals surface area contributed by atoms with Crippen molar-refractivity contribution in [1.29, 1.82) is 0 Å². The Hall–Kier alpha value is -1.55. The van der Waals surface area contributed by atoms with Crippen LogP contribution in [0.1, 0.15) is 18.5 Å².